The van der Waals surface area contributed by atoms with E-state index in [0.717, 1.165) is 14.3 Å². The second kappa shape index (κ2) is 6.29. The number of rotatable bonds is 4. The Morgan fingerprint density at radius 1 is 1.52 bits per heavy atom. The lowest BCUT2D eigenvalue weighted by Gasteiger charge is -2.31. The van der Waals surface area contributed by atoms with Crippen molar-refractivity contribution < 1.29 is 18.3 Å². The van der Waals surface area contributed by atoms with Crippen LogP contribution < -0.4 is 4.72 Å². The number of hydrogen-bond donors (Lipinski definition) is 2. The normalized spacial score (nSPS) is 20.2. The Labute approximate surface area is 131 Å². The van der Waals surface area contributed by atoms with Crippen LogP contribution in [0, 0.1) is 6.92 Å². The van der Waals surface area contributed by atoms with Gasteiger partial charge in [0.2, 0.25) is 0 Å². The van der Waals surface area contributed by atoms with E-state index in [2.05, 4.69) is 25.6 Å². The van der Waals surface area contributed by atoms with Crippen molar-refractivity contribution in [2.45, 2.75) is 32.2 Å². The second-order valence-electron chi connectivity index (χ2n) is 4.89. The zero-order valence-electron chi connectivity index (χ0n) is 11.4. The first-order valence-corrected chi connectivity index (χ1v) is 8.69. The summed E-state index contributed by atoms with van der Waals surface area (Å²) in [5.74, 6) is -0.953. The monoisotopic (exact) mass is 377 g/mol. The molecule has 0 saturated carbocycles. The van der Waals surface area contributed by atoms with Crippen molar-refractivity contribution in [3.05, 3.63) is 22.3 Å². The van der Waals surface area contributed by atoms with Crippen LogP contribution in [0.15, 0.2) is 16.7 Å². The van der Waals surface area contributed by atoms with Gasteiger partial charge in [0.25, 0.3) is 0 Å². The minimum atomic E-state index is -3.94. The summed E-state index contributed by atoms with van der Waals surface area (Å²) in [5, 5.41) is 9.16. The quantitative estimate of drug-likeness (QED) is 0.832. The van der Waals surface area contributed by atoms with E-state index in [0.29, 0.717) is 19.3 Å². The average molecular weight is 378 g/mol. The molecular formula is C12H16BrN3O4S. The van der Waals surface area contributed by atoms with Crippen LogP contribution in [0.2, 0.25) is 0 Å². The molecule has 116 valence electrons. The van der Waals surface area contributed by atoms with Gasteiger partial charge in [-0.05, 0) is 53.7 Å². The van der Waals surface area contributed by atoms with Crippen molar-refractivity contribution >= 4 is 37.9 Å². The lowest BCUT2D eigenvalue weighted by Crippen LogP contribution is -2.50. The van der Waals surface area contributed by atoms with Crippen LogP contribution in [0.4, 0.5) is 5.82 Å². The number of aromatic nitrogens is 1. The maximum Gasteiger partial charge on any atom is 0.322 e. The Kier molecular flexibility index (Phi) is 4.84. The van der Waals surface area contributed by atoms with Crippen LogP contribution in [0.5, 0.6) is 0 Å². The number of nitrogens with zero attached hydrogens (tertiary/aromatic N) is 2. The predicted molar refractivity (Wildman–Crippen MR) is 81.2 cm³/mol. The highest BCUT2D eigenvalue weighted by atomic mass is 79.9. The van der Waals surface area contributed by atoms with Crippen molar-refractivity contribution in [3.63, 3.8) is 0 Å². The average Bonchev–Trinajstić information content (AvgIpc) is 2.42. The van der Waals surface area contributed by atoms with E-state index in [-0.39, 0.29) is 12.4 Å². The van der Waals surface area contributed by atoms with Crippen LogP contribution in [0.25, 0.3) is 0 Å². The Bertz CT molecular complexity index is 650. The summed E-state index contributed by atoms with van der Waals surface area (Å²) >= 11 is 3.29. The Balaban J connectivity index is 2.23. The lowest BCUT2D eigenvalue weighted by molar-refractivity contribution is -0.142. The van der Waals surface area contributed by atoms with E-state index >= 15 is 0 Å². The number of hydrogen-bond acceptors (Lipinski definition) is 4. The number of pyridine rings is 1. The third-order valence-corrected chi connectivity index (χ3v) is 5.68. The molecule has 0 aliphatic carbocycles. The molecule has 1 saturated heterocycles. The van der Waals surface area contributed by atoms with Gasteiger partial charge in [-0.25, -0.2) is 4.98 Å². The van der Waals surface area contributed by atoms with E-state index in [1.807, 2.05) is 6.92 Å². The molecule has 2 heterocycles. The van der Waals surface area contributed by atoms with E-state index in [1.165, 1.54) is 6.20 Å². The highest BCUT2D eigenvalue weighted by Crippen LogP contribution is 2.23. The van der Waals surface area contributed by atoms with Crippen molar-refractivity contribution in [3.8, 4) is 0 Å². The van der Waals surface area contributed by atoms with Crippen LogP contribution in [0.3, 0.4) is 0 Å². The smallest absolute Gasteiger partial charge is 0.322 e. The molecule has 1 atom stereocenters. The first-order chi connectivity index (χ1) is 9.81. The minimum Gasteiger partial charge on any atom is -0.480 e. The molecule has 21 heavy (non-hydrogen) atoms. The molecule has 7 nitrogen and oxygen atoms in total. The molecule has 0 aromatic carbocycles. The second-order valence-corrected chi connectivity index (χ2v) is 7.36. The van der Waals surface area contributed by atoms with Crippen molar-refractivity contribution in [2.75, 3.05) is 11.3 Å². The van der Waals surface area contributed by atoms with Gasteiger partial charge in [0.05, 0.1) is 0 Å². The fraction of sp³-hybridized carbons (Fsp3) is 0.500. The lowest BCUT2D eigenvalue weighted by atomic mass is 10.1. The van der Waals surface area contributed by atoms with Crippen molar-refractivity contribution in [1.82, 2.24) is 9.29 Å². The van der Waals surface area contributed by atoms with Gasteiger partial charge >= 0.3 is 16.2 Å². The van der Waals surface area contributed by atoms with Crippen LogP contribution in [0.1, 0.15) is 24.8 Å². The third kappa shape index (κ3) is 3.72. The van der Waals surface area contributed by atoms with Gasteiger partial charge in [0, 0.05) is 17.2 Å². The van der Waals surface area contributed by atoms with E-state index in [1.54, 1.807) is 6.07 Å². The van der Waals surface area contributed by atoms with Crippen LogP contribution in [-0.2, 0) is 15.0 Å². The van der Waals surface area contributed by atoms with Gasteiger partial charge in [0.15, 0.2) is 0 Å². The number of nitrogens with one attached hydrogen (secondary N) is 1. The summed E-state index contributed by atoms with van der Waals surface area (Å²) in [6.45, 7) is 2.01. The largest absolute Gasteiger partial charge is 0.480 e. The van der Waals surface area contributed by atoms with Crippen LogP contribution >= 0.6 is 15.9 Å². The summed E-state index contributed by atoms with van der Waals surface area (Å²) in [7, 11) is -3.94. The molecule has 2 rings (SSSR count). The molecule has 0 amide bonds. The summed E-state index contributed by atoms with van der Waals surface area (Å²) in [4.78, 5) is 15.2. The van der Waals surface area contributed by atoms with Crippen molar-refractivity contribution in [1.29, 1.82) is 0 Å². The highest BCUT2D eigenvalue weighted by Gasteiger charge is 2.36. The van der Waals surface area contributed by atoms with E-state index in [9.17, 15) is 13.2 Å². The number of anilines is 1. The van der Waals surface area contributed by atoms with E-state index in [4.69, 9.17) is 5.11 Å². The summed E-state index contributed by atoms with van der Waals surface area (Å²) < 4.78 is 28.8. The Morgan fingerprint density at radius 3 is 2.86 bits per heavy atom. The van der Waals surface area contributed by atoms with Gasteiger partial charge in [-0.1, -0.05) is 0 Å². The topological polar surface area (TPSA) is 99.6 Å². The zero-order chi connectivity index (χ0) is 15.6. The maximum absolute atomic E-state index is 12.4. The molecular weight excluding hydrogens is 362 g/mol. The summed E-state index contributed by atoms with van der Waals surface area (Å²) in [5.41, 5.74) is 0.830. The molecule has 1 aliphatic rings. The van der Waals surface area contributed by atoms with Crippen LogP contribution in [-0.4, -0.2) is 41.4 Å². The molecule has 1 aliphatic heterocycles. The number of aliphatic carboxylic acids is 1. The molecule has 1 aromatic rings. The fourth-order valence-corrected chi connectivity index (χ4v) is 3.84. The number of carboxylic acids is 1. The number of aryl methyl sites for hydroxylation is 1. The third-order valence-electron chi connectivity index (χ3n) is 3.33. The first-order valence-electron chi connectivity index (χ1n) is 6.46. The van der Waals surface area contributed by atoms with Crippen molar-refractivity contribution in [2.24, 2.45) is 0 Å². The van der Waals surface area contributed by atoms with Gasteiger partial charge in [-0.15, -0.1) is 0 Å². The molecule has 0 spiro atoms. The SMILES string of the molecule is Cc1cc(NS(=O)(=O)N2CCCCC2C(=O)O)ncc1Br. The van der Waals surface area contributed by atoms with Gasteiger partial charge in [0.1, 0.15) is 11.9 Å². The molecule has 1 fully saturated rings. The molecule has 0 radical (unpaired) electrons. The zero-order valence-corrected chi connectivity index (χ0v) is 13.8. The molecule has 1 aromatic heterocycles. The Hall–Kier alpha value is -1.19. The number of carboxylic acid groups (broad SMARTS) is 1. The van der Waals surface area contributed by atoms with E-state index < -0.39 is 22.2 Å². The molecule has 2 N–H and O–H groups in total. The number of carbonyl (C=O) groups is 1. The Morgan fingerprint density at radius 2 is 2.24 bits per heavy atom. The maximum atomic E-state index is 12.4. The summed E-state index contributed by atoms with van der Waals surface area (Å²) in [6.07, 6.45) is 3.18. The highest BCUT2D eigenvalue weighted by molar-refractivity contribution is 9.10. The number of halogens is 1. The first kappa shape index (κ1) is 16.2. The molecule has 1 unspecified atom stereocenters. The fourth-order valence-electron chi connectivity index (χ4n) is 2.23. The predicted octanol–water partition coefficient (Wildman–Crippen LogP) is 1.75. The summed E-state index contributed by atoms with van der Waals surface area (Å²) in [6, 6.07) is 0.564. The minimum absolute atomic E-state index is 0.172. The molecule has 9 heteroatoms. The van der Waals surface area contributed by atoms with Gasteiger partial charge in [-0.3, -0.25) is 9.52 Å². The van der Waals surface area contributed by atoms with Gasteiger partial charge in [-0.2, -0.15) is 12.7 Å². The number of piperidine rings is 1. The van der Waals surface area contributed by atoms with Gasteiger partial charge < -0.3 is 5.11 Å². The standard InChI is InChI=1S/C12H16BrN3O4S/c1-8-6-11(14-7-9(8)13)15-21(19,20)16-5-3-2-4-10(16)12(17)18/h6-7,10H,2-5H2,1H3,(H,14,15)(H,17,18). The molecule has 0 bridgehead atoms.